The van der Waals surface area contributed by atoms with Gasteiger partial charge in [-0.25, -0.2) is 9.59 Å². The third-order valence-corrected chi connectivity index (χ3v) is 1.80. The molecule has 0 aliphatic heterocycles. The van der Waals surface area contributed by atoms with Crippen LogP contribution in [0.2, 0.25) is 0 Å². The topological polar surface area (TPSA) is 142 Å². The summed E-state index contributed by atoms with van der Waals surface area (Å²) in [5, 5.41) is 21.9. The van der Waals surface area contributed by atoms with Gasteiger partial charge in [-0.1, -0.05) is 0 Å². The number of hydrogen-bond acceptors (Lipinski definition) is 4. The van der Waals surface area contributed by atoms with Crippen LogP contribution in [0.3, 0.4) is 0 Å². The molecular formula is C8H15N3O5. The first-order valence-electron chi connectivity index (χ1n) is 4.53. The molecule has 0 radical (unpaired) electrons. The number of nitrogens with two attached hydrogens (primary N) is 1. The van der Waals surface area contributed by atoms with Crippen molar-refractivity contribution in [3.63, 3.8) is 0 Å². The third kappa shape index (κ3) is 4.60. The average Bonchev–Trinajstić information content (AvgIpc) is 2.11. The van der Waals surface area contributed by atoms with Crippen LogP contribution in [-0.2, 0) is 9.59 Å². The Labute approximate surface area is 91.8 Å². The highest BCUT2D eigenvalue weighted by molar-refractivity contribution is 5.89. The molecule has 0 saturated carbocycles. The van der Waals surface area contributed by atoms with Gasteiger partial charge in [-0.05, 0) is 13.8 Å². The average molecular weight is 233 g/mol. The number of hydrogen-bond donors (Lipinski definition) is 5. The molecule has 0 saturated heterocycles. The number of carboxylic acids is 1. The number of urea groups is 1. The molecule has 0 fully saturated rings. The summed E-state index contributed by atoms with van der Waals surface area (Å²) in [5.74, 6) is -2.11. The number of carbonyl (C=O) groups excluding carboxylic acids is 2. The largest absolute Gasteiger partial charge is 0.480 e. The highest BCUT2D eigenvalue weighted by atomic mass is 16.4. The van der Waals surface area contributed by atoms with Gasteiger partial charge in [-0.15, -0.1) is 0 Å². The lowest BCUT2D eigenvalue weighted by Gasteiger charge is -2.19. The summed E-state index contributed by atoms with van der Waals surface area (Å²) in [5.41, 5.74) is 4.79. The van der Waals surface area contributed by atoms with E-state index in [-0.39, 0.29) is 0 Å². The van der Waals surface area contributed by atoms with E-state index in [2.05, 4.69) is 10.6 Å². The number of aliphatic hydroxyl groups is 1. The van der Waals surface area contributed by atoms with E-state index in [1.807, 2.05) is 0 Å². The Morgan fingerprint density at radius 1 is 1.19 bits per heavy atom. The van der Waals surface area contributed by atoms with E-state index >= 15 is 0 Å². The van der Waals surface area contributed by atoms with Crippen molar-refractivity contribution in [1.29, 1.82) is 0 Å². The molecule has 92 valence electrons. The first-order chi connectivity index (χ1) is 7.25. The highest BCUT2D eigenvalue weighted by Gasteiger charge is 2.27. The van der Waals surface area contributed by atoms with Crippen molar-refractivity contribution in [3.05, 3.63) is 0 Å². The molecule has 0 spiro atoms. The van der Waals surface area contributed by atoms with Crippen molar-refractivity contribution in [2.45, 2.75) is 32.0 Å². The maximum Gasteiger partial charge on any atom is 0.328 e. The summed E-state index contributed by atoms with van der Waals surface area (Å²) in [6.07, 6.45) is -1.25. The monoisotopic (exact) mass is 233 g/mol. The van der Waals surface area contributed by atoms with Gasteiger partial charge in [0, 0.05) is 0 Å². The molecule has 16 heavy (non-hydrogen) atoms. The van der Waals surface area contributed by atoms with Gasteiger partial charge in [0.1, 0.15) is 6.04 Å². The van der Waals surface area contributed by atoms with Crippen LogP contribution in [0.5, 0.6) is 0 Å². The molecule has 0 aromatic heterocycles. The summed E-state index contributed by atoms with van der Waals surface area (Å²) in [4.78, 5) is 32.4. The van der Waals surface area contributed by atoms with Crippen LogP contribution < -0.4 is 16.4 Å². The van der Waals surface area contributed by atoms with Crippen molar-refractivity contribution in [2.24, 2.45) is 5.73 Å². The van der Waals surface area contributed by atoms with Gasteiger partial charge in [-0.3, -0.25) is 4.79 Å². The zero-order valence-electron chi connectivity index (χ0n) is 8.93. The maximum atomic E-state index is 11.3. The van der Waals surface area contributed by atoms with Crippen LogP contribution in [0, 0.1) is 0 Å². The minimum atomic E-state index is -1.43. The van der Waals surface area contributed by atoms with Crippen molar-refractivity contribution in [3.8, 4) is 0 Å². The number of aliphatic carboxylic acids is 1. The van der Waals surface area contributed by atoms with Crippen molar-refractivity contribution in [2.75, 3.05) is 0 Å². The molecule has 0 aliphatic carbocycles. The van der Waals surface area contributed by atoms with Gasteiger partial charge in [0.25, 0.3) is 0 Å². The van der Waals surface area contributed by atoms with E-state index in [1.54, 1.807) is 0 Å². The van der Waals surface area contributed by atoms with Crippen molar-refractivity contribution < 1.29 is 24.6 Å². The van der Waals surface area contributed by atoms with Gasteiger partial charge in [0.05, 0.1) is 6.10 Å². The molecule has 0 aliphatic rings. The van der Waals surface area contributed by atoms with E-state index in [1.165, 1.54) is 13.8 Å². The zero-order chi connectivity index (χ0) is 12.9. The Balaban J connectivity index is 4.40. The van der Waals surface area contributed by atoms with E-state index in [4.69, 9.17) is 15.9 Å². The van der Waals surface area contributed by atoms with E-state index in [9.17, 15) is 14.4 Å². The molecular weight excluding hydrogens is 218 g/mol. The second-order valence-electron chi connectivity index (χ2n) is 3.30. The van der Waals surface area contributed by atoms with E-state index in [0.717, 1.165) is 0 Å². The Hall–Kier alpha value is -1.83. The van der Waals surface area contributed by atoms with Crippen LogP contribution in [0.15, 0.2) is 0 Å². The van der Waals surface area contributed by atoms with Crippen LogP contribution in [0.4, 0.5) is 4.79 Å². The lowest BCUT2D eigenvalue weighted by Crippen LogP contribution is -2.54. The number of amides is 3. The number of rotatable bonds is 5. The lowest BCUT2D eigenvalue weighted by molar-refractivity contribution is -0.145. The van der Waals surface area contributed by atoms with Gasteiger partial charge < -0.3 is 26.6 Å². The minimum absolute atomic E-state index is 0.743. The Bertz CT molecular complexity index is 291. The fourth-order valence-electron chi connectivity index (χ4n) is 0.946. The number of primary amides is 1. The smallest absolute Gasteiger partial charge is 0.328 e. The quantitative estimate of drug-likeness (QED) is 0.373. The second kappa shape index (κ2) is 5.91. The zero-order valence-corrected chi connectivity index (χ0v) is 8.93. The summed E-state index contributed by atoms with van der Waals surface area (Å²) in [6.45, 7) is 2.56. The van der Waals surface area contributed by atoms with Crippen LogP contribution in [0.25, 0.3) is 0 Å². The summed E-state index contributed by atoms with van der Waals surface area (Å²) in [7, 11) is 0. The molecule has 3 atom stereocenters. The number of carbonyl (C=O) groups is 3. The third-order valence-electron chi connectivity index (χ3n) is 1.80. The van der Waals surface area contributed by atoms with Crippen molar-refractivity contribution >= 4 is 17.9 Å². The van der Waals surface area contributed by atoms with Crippen LogP contribution >= 0.6 is 0 Å². The predicted octanol–water partition coefficient (Wildman–Crippen LogP) is -2.01. The molecule has 3 amide bonds. The molecule has 0 heterocycles. The van der Waals surface area contributed by atoms with Crippen LogP contribution in [-0.4, -0.2) is 46.3 Å². The first-order valence-corrected chi connectivity index (χ1v) is 4.53. The second-order valence-corrected chi connectivity index (χ2v) is 3.30. The Kier molecular flexibility index (Phi) is 5.23. The predicted molar refractivity (Wildman–Crippen MR) is 53.4 cm³/mol. The maximum absolute atomic E-state index is 11.3. The van der Waals surface area contributed by atoms with E-state index < -0.39 is 36.1 Å². The van der Waals surface area contributed by atoms with E-state index in [0.29, 0.717) is 0 Å². The van der Waals surface area contributed by atoms with Gasteiger partial charge in [0.15, 0.2) is 6.04 Å². The minimum Gasteiger partial charge on any atom is -0.480 e. The fourth-order valence-corrected chi connectivity index (χ4v) is 0.946. The first kappa shape index (κ1) is 14.2. The van der Waals surface area contributed by atoms with Gasteiger partial charge in [0.2, 0.25) is 5.91 Å². The molecule has 0 aromatic rings. The number of aliphatic hydroxyl groups excluding tert-OH is 1. The fraction of sp³-hybridized carbons (Fsp3) is 0.625. The highest BCUT2D eigenvalue weighted by Crippen LogP contribution is 1.94. The summed E-state index contributed by atoms with van der Waals surface area (Å²) < 4.78 is 0. The molecule has 0 aromatic carbocycles. The summed E-state index contributed by atoms with van der Waals surface area (Å²) in [6, 6.07) is -3.30. The van der Waals surface area contributed by atoms with Crippen LogP contribution in [0.1, 0.15) is 13.8 Å². The van der Waals surface area contributed by atoms with Gasteiger partial charge in [-0.2, -0.15) is 0 Å². The Morgan fingerprint density at radius 3 is 2.00 bits per heavy atom. The number of carboxylic acid groups (broad SMARTS) is 1. The normalized spacial score (nSPS) is 15.7. The number of nitrogens with one attached hydrogen (secondary N) is 2. The SMILES string of the molecule is CC(NC(N)=O)C(=O)NC(C(=O)O)C(C)O. The molecule has 0 rings (SSSR count). The molecule has 6 N–H and O–H groups in total. The van der Waals surface area contributed by atoms with Crippen molar-refractivity contribution in [1.82, 2.24) is 10.6 Å². The standard InChI is InChI=1S/C8H15N3O5/c1-3(10-8(9)16)6(13)11-5(4(2)12)7(14)15/h3-5,12H,1-2H3,(H,11,13)(H,14,15)(H3,9,10,16). The lowest BCUT2D eigenvalue weighted by atomic mass is 10.1. The molecule has 8 nitrogen and oxygen atoms in total. The molecule has 8 heteroatoms. The molecule has 3 unspecified atom stereocenters. The summed E-state index contributed by atoms with van der Waals surface area (Å²) >= 11 is 0. The Morgan fingerprint density at radius 2 is 1.69 bits per heavy atom. The van der Waals surface area contributed by atoms with Gasteiger partial charge >= 0.3 is 12.0 Å². The molecule has 0 bridgehead atoms.